The smallest absolute Gasteiger partial charge is 0.412 e. The first-order valence-electron chi connectivity index (χ1n) is 24.1. The Kier molecular flexibility index (Phi) is 19.2. The third-order valence-electron chi connectivity index (χ3n) is 12.0. The van der Waals surface area contributed by atoms with Crippen molar-refractivity contribution in [2.24, 2.45) is 5.90 Å². The number of rotatable bonds is 13. The van der Waals surface area contributed by atoms with Crippen molar-refractivity contribution in [3.63, 3.8) is 0 Å². The molecule has 6 aliphatic heterocycles. The molecule has 2 aromatic carbocycles. The zero-order chi connectivity index (χ0) is 51.3. The molecule has 0 saturated carbocycles. The van der Waals surface area contributed by atoms with Crippen LogP contribution in [0.1, 0.15) is 91.2 Å². The van der Waals surface area contributed by atoms with Gasteiger partial charge in [-0.3, -0.25) is 33.9 Å². The van der Waals surface area contributed by atoms with Gasteiger partial charge in [-0.25, -0.2) is 35.3 Å². The third-order valence-corrected chi connectivity index (χ3v) is 12.0. The van der Waals surface area contributed by atoms with Crippen molar-refractivity contribution in [3.8, 4) is 0 Å². The molecule has 23 nitrogen and oxygen atoms in total. The van der Waals surface area contributed by atoms with Gasteiger partial charge in [0.15, 0.2) is 12.5 Å². The van der Waals surface area contributed by atoms with Crippen molar-refractivity contribution in [2.75, 3.05) is 52.6 Å². The fourth-order valence-electron chi connectivity index (χ4n) is 8.61. The summed E-state index contributed by atoms with van der Waals surface area (Å²) in [4.78, 5) is 101. The number of hydrogen-bond donors (Lipinski definition) is 3. The maximum Gasteiger partial charge on any atom is 0.412 e. The predicted octanol–water partition coefficient (Wildman–Crippen LogP) is 4.75. The van der Waals surface area contributed by atoms with Gasteiger partial charge in [0.2, 0.25) is 0 Å². The number of carbonyl (C=O) groups is 6. The number of hydroxylamine groups is 5. The second kappa shape index (κ2) is 25.0. The van der Waals surface area contributed by atoms with Crippen LogP contribution in [0.4, 0.5) is 19.2 Å². The minimum absolute atomic E-state index is 0.0400. The molecule has 7 amide bonds. The maximum atomic E-state index is 12.9. The first-order chi connectivity index (χ1) is 33.8. The molecule has 6 heterocycles. The molecule has 0 unspecified atom stereocenters. The van der Waals surface area contributed by atoms with E-state index in [0.29, 0.717) is 78.1 Å². The Morgan fingerprint density at radius 1 is 0.662 bits per heavy atom. The number of fused-ring (bicyclic) bond motifs is 4. The highest BCUT2D eigenvalue weighted by Crippen LogP contribution is 2.32. The fourth-order valence-corrected chi connectivity index (χ4v) is 8.61. The molecule has 71 heavy (non-hydrogen) atoms. The Labute approximate surface area is 414 Å². The van der Waals surface area contributed by atoms with Gasteiger partial charge in [-0.05, 0) is 91.2 Å². The van der Waals surface area contributed by atoms with Crippen LogP contribution in [-0.4, -0.2) is 171 Å². The lowest BCUT2D eigenvalue weighted by atomic mass is 10.0. The Morgan fingerprint density at radius 2 is 1.10 bits per heavy atom. The van der Waals surface area contributed by atoms with Crippen LogP contribution in [0.15, 0.2) is 60.7 Å². The van der Waals surface area contributed by atoms with Gasteiger partial charge in [0.05, 0.1) is 25.3 Å². The van der Waals surface area contributed by atoms with Gasteiger partial charge in [0.25, 0.3) is 5.91 Å². The summed E-state index contributed by atoms with van der Waals surface area (Å²) in [7, 11) is 0. The number of aliphatic carboxylic acids is 1. The lowest BCUT2D eigenvalue weighted by Crippen LogP contribution is -2.53. The van der Waals surface area contributed by atoms with Gasteiger partial charge in [-0.1, -0.05) is 60.7 Å². The van der Waals surface area contributed by atoms with E-state index in [2.05, 4.69) is 10.3 Å². The third kappa shape index (κ3) is 15.3. The zero-order valence-corrected chi connectivity index (χ0v) is 41.5. The van der Waals surface area contributed by atoms with Crippen LogP contribution in [0, 0.1) is 0 Å². The molecule has 0 aliphatic carbocycles. The summed E-state index contributed by atoms with van der Waals surface area (Å²) < 4.78 is 21.7. The summed E-state index contributed by atoms with van der Waals surface area (Å²) in [6.45, 7) is 14.6. The number of nitrogens with one attached hydrogen (secondary N) is 1. The predicted molar refractivity (Wildman–Crippen MR) is 250 cm³/mol. The lowest BCUT2D eigenvalue weighted by molar-refractivity contribution is -0.157. The highest BCUT2D eigenvalue weighted by Gasteiger charge is 2.49. The zero-order valence-electron chi connectivity index (χ0n) is 41.5. The van der Waals surface area contributed by atoms with Crippen molar-refractivity contribution in [1.82, 2.24) is 35.2 Å². The van der Waals surface area contributed by atoms with Crippen molar-refractivity contribution in [1.29, 1.82) is 0 Å². The second-order valence-electron chi connectivity index (χ2n) is 19.7. The van der Waals surface area contributed by atoms with Gasteiger partial charge < -0.3 is 33.9 Å². The van der Waals surface area contributed by atoms with Crippen molar-refractivity contribution >= 4 is 36.1 Å². The van der Waals surface area contributed by atoms with E-state index in [1.807, 2.05) is 81.4 Å². The monoisotopic (exact) mass is 998 g/mol. The van der Waals surface area contributed by atoms with Crippen molar-refractivity contribution in [3.05, 3.63) is 71.8 Å². The molecule has 8 rings (SSSR count). The number of carboxylic acids is 1. The number of urea groups is 2. The number of carboxylic acid groups (broad SMARTS) is 1. The molecule has 6 saturated heterocycles. The van der Waals surface area contributed by atoms with Crippen LogP contribution in [0.25, 0.3) is 0 Å². The topological polar surface area (TPSA) is 254 Å². The molecule has 6 aliphatic rings. The summed E-state index contributed by atoms with van der Waals surface area (Å²) in [6.07, 6.45) is 1.76. The van der Waals surface area contributed by atoms with Crippen LogP contribution in [-0.2, 0) is 61.1 Å². The van der Waals surface area contributed by atoms with E-state index in [0.717, 1.165) is 17.5 Å². The number of nitrogens with two attached hydrogens (primary N) is 1. The largest absolute Gasteiger partial charge is 0.480 e. The Morgan fingerprint density at radius 3 is 1.54 bits per heavy atom. The van der Waals surface area contributed by atoms with E-state index in [-0.39, 0.29) is 44.0 Å². The lowest BCUT2D eigenvalue weighted by Gasteiger charge is -2.36. The Hall–Kier alpha value is -5.82. The molecule has 0 aromatic heterocycles. The molecule has 6 atom stereocenters. The van der Waals surface area contributed by atoms with Crippen LogP contribution >= 0.6 is 0 Å². The van der Waals surface area contributed by atoms with E-state index in [1.165, 1.54) is 29.7 Å². The van der Waals surface area contributed by atoms with Gasteiger partial charge >= 0.3 is 30.2 Å². The van der Waals surface area contributed by atoms with Crippen LogP contribution < -0.4 is 11.4 Å². The standard InChI is InChI=1S/C24H34N4O7.C14H16N2O4.C10H20N2O4/c1-24(2,3)35-23(31)26-12-7-13-32-20(26)16-33-25-21(29)19-11-10-18-14-27(19)22(30)28(18)34-15-17-8-5-4-6-9-17;17-13(18)12-7-6-11-8-15(12)14(19)16(11)20-9-10-4-2-1-3-5-10;1-10(2,3)16-9(13)12-5-4-6-14-8(12)7-15-11/h4-6,8-9,18-20H,7,10-16H2,1-3H3,(H,25,29);1-5,11-12H,6-9H2,(H,17,18);8H,4-7,11H2,1-3H3/t18-,19+,20-;11-,12+;8-/m111/s1. The summed E-state index contributed by atoms with van der Waals surface area (Å²) in [5.41, 5.74) is 3.23. The summed E-state index contributed by atoms with van der Waals surface area (Å²) in [6, 6.07) is 17.0. The van der Waals surface area contributed by atoms with Crippen LogP contribution in [0.2, 0.25) is 0 Å². The molecular formula is C48H70N8O15. The molecule has 4 N–H and O–H groups in total. The minimum atomic E-state index is -0.943. The molecular weight excluding hydrogens is 929 g/mol. The van der Waals surface area contributed by atoms with E-state index in [4.69, 9.17) is 44.5 Å². The normalized spacial score (nSPS) is 24.1. The molecule has 2 aromatic rings. The number of piperidine rings is 2. The Balaban J connectivity index is 0.000000193. The fraction of sp³-hybridized carbons (Fsp3) is 0.625. The van der Waals surface area contributed by atoms with E-state index in [1.54, 1.807) is 20.8 Å². The van der Waals surface area contributed by atoms with Crippen LogP contribution in [0.5, 0.6) is 0 Å². The van der Waals surface area contributed by atoms with E-state index in [9.17, 15) is 28.8 Å². The first kappa shape index (κ1) is 54.5. The Bertz CT molecular complexity index is 2090. The first-order valence-corrected chi connectivity index (χ1v) is 24.1. The number of benzene rings is 2. The summed E-state index contributed by atoms with van der Waals surface area (Å²) >= 11 is 0. The molecule has 4 bridgehead atoms. The minimum Gasteiger partial charge on any atom is -0.480 e. The maximum absolute atomic E-state index is 12.9. The number of hydrogen-bond acceptors (Lipinski definition) is 15. The summed E-state index contributed by atoms with van der Waals surface area (Å²) in [5, 5.41) is 11.8. The van der Waals surface area contributed by atoms with Crippen molar-refractivity contribution < 1.29 is 72.2 Å². The summed E-state index contributed by atoms with van der Waals surface area (Å²) in [5.74, 6) is 3.63. The number of nitrogens with zero attached hydrogens (tertiary/aromatic N) is 6. The van der Waals surface area contributed by atoms with Gasteiger partial charge in [0.1, 0.15) is 49.7 Å². The second-order valence-corrected chi connectivity index (χ2v) is 19.7. The molecule has 23 heteroatoms. The average Bonchev–Trinajstić information content (AvgIpc) is 3.71. The average molecular weight is 999 g/mol. The van der Waals surface area contributed by atoms with Crippen molar-refractivity contribution in [2.45, 2.75) is 141 Å². The van der Waals surface area contributed by atoms with Gasteiger partial charge in [0, 0.05) is 26.2 Å². The molecule has 392 valence electrons. The number of ether oxygens (including phenoxy) is 4. The van der Waals surface area contributed by atoms with Gasteiger partial charge in [-0.2, -0.15) is 10.1 Å². The highest BCUT2D eigenvalue weighted by atomic mass is 16.7. The van der Waals surface area contributed by atoms with E-state index < -0.39 is 59.8 Å². The van der Waals surface area contributed by atoms with E-state index >= 15 is 0 Å². The molecule has 0 radical (unpaired) electrons. The van der Waals surface area contributed by atoms with Gasteiger partial charge in [-0.15, -0.1) is 0 Å². The number of amides is 7. The van der Waals surface area contributed by atoms with Crippen LogP contribution in [0.3, 0.4) is 0 Å². The SMILES string of the molecule is CC(C)(C)OC(=O)N1CCCO[C@@H]1CON.CC(C)(C)OC(=O)N1CCCO[C@@H]1CONC(=O)[C@@H]1CC[C@@H]2CN1C(=O)N2OCc1ccccc1.O=C(O)[C@@H]1CC[C@@H]2CN1C(=O)N2OCc1ccccc1. The molecule has 6 fully saturated rings. The quantitative estimate of drug-likeness (QED) is 0.229. The number of carbonyl (C=O) groups excluding carboxylic acids is 5. The molecule has 0 spiro atoms. The highest BCUT2D eigenvalue weighted by molar-refractivity contribution is 5.88.